The molecule has 0 unspecified atom stereocenters. The summed E-state index contributed by atoms with van der Waals surface area (Å²) in [7, 11) is -3.80. The molecule has 0 saturated heterocycles. The topological polar surface area (TPSA) is 97.4 Å². The predicted molar refractivity (Wildman–Crippen MR) is 112 cm³/mol. The van der Waals surface area contributed by atoms with Crippen LogP contribution in [-0.4, -0.2) is 25.9 Å². The molecule has 2 N–H and O–H groups in total. The highest BCUT2D eigenvalue weighted by Crippen LogP contribution is 2.20. The van der Waals surface area contributed by atoms with Crippen LogP contribution < -0.4 is 14.8 Å². The van der Waals surface area contributed by atoms with Crippen LogP contribution >= 0.6 is 0 Å². The van der Waals surface area contributed by atoms with Crippen LogP contribution in [0.3, 0.4) is 0 Å². The van der Waals surface area contributed by atoms with Crippen molar-refractivity contribution in [3.8, 4) is 5.75 Å². The largest absolute Gasteiger partial charge is 0.494 e. The van der Waals surface area contributed by atoms with Crippen molar-refractivity contribution >= 4 is 27.4 Å². The van der Waals surface area contributed by atoms with Crippen molar-refractivity contribution in [2.24, 2.45) is 0 Å². The first-order valence-corrected chi connectivity index (χ1v) is 10.5. The van der Waals surface area contributed by atoms with E-state index in [2.05, 4.69) is 15.0 Å². The molecule has 0 atom stereocenters. The van der Waals surface area contributed by atoms with E-state index in [1.54, 1.807) is 42.6 Å². The maximum Gasteiger partial charge on any atom is 0.261 e. The third-order valence-corrected chi connectivity index (χ3v) is 5.37. The highest BCUT2D eigenvalue weighted by atomic mass is 32.2. The van der Waals surface area contributed by atoms with E-state index in [9.17, 15) is 13.2 Å². The molecular weight excluding hydrogens is 390 g/mol. The maximum absolute atomic E-state index is 12.6. The van der Waals surface area contributed by atoms with Crippen molar-refractivity contribution in [3.05, 3.63) is 78.0 Å². The lowest BCUT2D eigenvalue weighted by atomic mass is 10.2. The number of sulfonamides is 1. The first kappa shape index (κ1) is 20.3. The maximum atomic E-state index is 12.6. The minimum Gasteiger partial charge on any atom is -0.494 e. The average Bonchev–Trinajstić information content (AvgIpc) is 2.70. The molecule has 150 valence electrons. The fourth-order valence-electron chi connectivity index (χ4n) is 2.55. The number of nitrogens with zero attached hydrogens (tertiary/aromatic N) is 1. The SMILES string of the molecule is CCOc1ccc(S(=O)(=O)Nc2cccc(C(=O)Nc3ccc(C)cn3)c2)cc1. The van der Waals surface area contributed by atoms with Crippen molar-refractivity contribution in [1.82, 2.24) is 4.98 Å². The van der Waals surface area contributed by atoms with Gasteiger partial charge in [-0.2, -0.15) is 0 Å². The molecule has 0 radical (unpaired) electrons. The van der Waals surface area contributed by atoms with Gasteiger partial charge >= 0.3 is 0 Å². The molecule has 2 aromatic carbocycles. The minimum absolute atomic E-state index is 0.0969. The van der Waals surface area contributed by atoms with Gasteiger partial charge in [-0.15, -0.1) is 0 Å². The normalized spacial score (nSPS) is 11.0. The summed E-state index contributed by atoms with van der Waals surface area (Å²) in [6.45, 7) is 4.25. The van der Waals surface area contributed by atoms with E-state index in [0.717, 1.165) is 5.56 Å². The third-order valence-electron chi connectivity index (χ3n) is 3.97. The van der Waals surface area contributed by atoms with Crippen molar-refractivity contribution in [2.45, 2.75) is 18.7 Å². The van der Waals surface area contributed by atoms with Crippen molar-refractivity contribution in [1.29, 1.82) is 0 Å². The van der Waals surface area contributed by atoms with Crippen LogP contribution in [0.1, 0.15) is 22.8 Å². The lowest BCUT2D eigenvalue weighted by molar-refractivity contribution is 0.102. The molecule has 1 amide bonds. The van der Waals surface area contributed by atoms with E-state index in [4.69, 9.17) is 4.74 Å². The van der Waals surface area contributed by atoms with Gasteiger partial charge in [0.05, 0.1) is 11.5 Å². The summed E-state index contributed by atoms with van der Waals surface area (Å²) in [4.78, 5) is 16.7. The summed E-state index contributed by atoms with van der Waals surface area (Å²) in [6, 6.07) is 15.9. The molecule has 8 heteroatoms. The molecule has 0 bridgehead atoms. The number of amides is 1. The second-order valence-electron chi connectivity index (χ2n) is 6.27. The Morgan fingerprint density at radius 2 is 1.83 bits per heavy atom. The van der Waals surface area contributed by atoms with Crippen LogP contribution in [0.5, 0.6) is 5.75 Å². The Morgan fingerprint density at radius 1 is 1.07 bits per heavy atom. The summed E-state index contributed by atoms with van der Waals surface area (Å²) in [5.41, 5.74) is 1.57. The Hall–Kier alpha value is -3.39. The van der Waals surface area contributed by atoms with E-state index in [0.29, 0.717) is 23.7 Å². The Labute approximate surface area is 169 Å². The lowest BCUT2D eigenvalue weighted by Gasteiger charge is -2.10. The molecule has 7 nitrogen and oxygen atoms in total. The molecule has 3 aromatic rings. The Morgan fingerprint density at radius 3 is 2.48 bits per heavy atom. The molecule has 0 aliphatic rings. The van der Waals surface area contributed by atoms with Crippen LogP contribution in [0.4, 0.5) is 11.5 Å². The fourth-order valence-corrected chi connectivity index (χ4v) is 3.60. The van der Waals surface area contributed by atoms with E-state index in [1.165, 1.54) is 18.2 Å². The van der Waals surface area contributed by atoms with Crippen LogP contribution in [-0.2, 0) is 10.0 Å². The lowest BCUT2D eigenvalue weighted by Crippen LogP contribution is -2.15. The fraction of sp³-hybridized carbons (Fsp3) is 0.143. The number of pyridine rings is 1. The minimum atomic E-state index is -3.80. The highest BCUT2D eigenvalue weighted by Gasteiger charge is 2.15. The molecule has 0 aliphatic heterocycles. The number of ether oxygens (including phenoxy) is 1. The number of benzene rings is 2. The highest BCUT2D eigenvalue weighted by molar-refractivity contribution is 7.92. The zero-order valence-electron chi connectivity index (χ0n) is 16.0. The number of carbonyl (C=O) groups is 1. The molecule has 0 fully saturated rings. The number of hydrogen-bond acceptors (Lipinski definition) is 5. The molecule has 1 aromatic heterocycles. The Kier molecular flexibility index (Phi) is 6.13. The van der Waals surface area contributed by atoms with Gasteiger partial charge in [-0.05, 0) is 67.9 Å². The Bertz CT molecular complexity index is 1100. The second kappa shape index (κ2) is 8.74. The van der Waals surface area contributed by atoms with Gasteiger partial charge in [-0.1, -0.05) is 12.1 Å². The predicted octanol–water partition coefficient (Wildman–Crippen LogP) is 3.84. The van der Waals surface area contributed by atoms with Crippen molar-refractivity contribution in [3.63, 3.8) is 0 Å². The summed E-state index contributed by atoms with van der Waals surface area (Å²) in [5.74, 6) is 0.624. The van der Waals surface area contributed by atoms with Gasteiger partial charge in [-0.25, -0.2) is 13.4 Å². The summed E-state index contributed by atoms with van der Waals surface area (Å²) in [6.07, 6.45) is 1.65. The van der Waals surface area contributed by atoms with Crippen LogP contribution in [0.25, 0.3) is 0 Å². The number of hydrogen-bond donors (Lipinski definition) is 2. The standard InChI is InChI=1S/C21H21N3O4S/c1-3-28-18-8-10-19(11-9-18)29(26,27)24-17-6-4-5-16(13-17)21(25)23-20-12-7-15(2)14-22-20/h4-14,24H,3H2,1-2H3,(H,22,23,25). The number of carbonyl (C=O) groups excluding carboxylic acids is 1. The molecule has 3 rings (SSSR count). The molecular formula is C21H21N3O4S. The van der Waals surface area contributed by atoms with Gasteiger partial charge in [0.25, 0.3) is 15.9 Å². The molecule has 0 spiro atoms. The first-order chi connectivity index (χ1) is 13.9. The summed E-state index contributed by atoms with van der Waals surface area (Å²) in [5, 5.41) is 2.68. The zero-order valence-corrected chi connectivity index (χ0v) is 16.9. The first-order valence-electron chi connectivity index (χ1n) is 8.97. The van der Waals surface area contributed by atoms with E-state index < -0.39 is 10.0 Å². The molecule has 0 aliphatic carbocycles. The Balaban J connectivity index is 1.74. The monoisotopic (exact) mass is 411 g/mol. The zero-order chi connectivity index (χ0) is 20.9. The van der Waals surface area contributed by atoms with Crippen molar-refractivity contribution < 1.29 is 17.9 Å². The molecule has 1 heterocycles. The van der Waals surface area contributed by atoms with Gasteiger partial charge in [0.1, 0.15) is 11.6 Å². The van der Waals surface area contributed by atoms with E-state index in [-0.39, 0.29) is 16.5 Å². The van der Waals surface area contributed by atoms with Crippen LogP contribution in [0.2, 0.25) is 0 Å². The van der Waals surface area contributed by atoms with Gasteiger partial charge < -0.3 is 10.1 Å². The van der Waals surface area contributed by atoms with E-state index in [1.807, 2.05) is 19.9 Å². The second-order valence-corrected chi connectivity index (χ2v) is 7.95. The van der Waals surface area contributed by atoms with Gasteiger partial charge in [0.2, 0.25) is 0 Å². The van der Waals surface area contributed by atoms with E-state index >= 15 is 0 Å². The number of rotatable bonds is 7. The summed E-state index contributed by atoms with van der Waals surface area (Å²) < 4.78 is 33.0. The van der Waals surface area contributed by atoms with Crippen LogP contribution in [0, 0.1) is 6.92 Å². The summed E-state index contributed by atoms with van der Waals surface area (Å²) >= 11 is 0. The van der Waals surface area contributed by atoms with Crippen LogP contribution in [0.15, 0.2) is 71.8 Å². The van der Waals surface area contributed by atoms with Gasteiger partial charge in [0, 0.05) is 17.4 Å². The smallest absolute Gasteiger partial charge is 0.261 e. The number of aryl methyl sites for hydroxylation is 1. The number of aromatic nitrogens is 1. The average molecular weight is 411 g/mol. The molecule has 0 saturated carbocycles. The van der Waals surface area contributed by atoms with Gasteiger partial charge in [-0.3, -0.25) is 9.52 Å². The third kappa shape index (κ3) is 5.32. The quantitative estimate of drug-likeness (QED) is 0.616. The molecule has 29 heavy (non-hydrogen) atoms. The number of nitrogens with one attached hydrogen (secondary N) is 2. The van der Waals surface area contributed by atoms with Crippen molar-refractivity contribution in [2.75, 3.05) is 16.6 Å². The van der Waals surface area contributed by atoms with Gasteiger partial charge in [0.15, 0.2) is 0 Å². The number of anilines is 2.